The van der Waals surface area contributed by atoms with Crippen molar-refractivity contribution in [1.82, 2.24) is 20.3 Å². The summed E-state index contributed by atoms with van der Waals surface area (Å²) in [6.07, 6.45) is -6.61. The number of alkyl halides is 8. The zero-order valence-electron chi connectivity index (χ0n) is 16.3. The van der Waals surface area contributed by atoms with E-state index in [9.17, 15) is 39.5 Å². The lowest BCUT2D eigenvalue weighted by atomic mass is 10.2. The average molecular weight is 512 g/mol. The second-order valence-corrected chi connectivity index (χ2v) is 6.27. The number of ether oxygens (including phenoxy) is 1. The minimum absolute atomic E-state index is 0.00774. The molecule has 1 atom stereocenters. The molecule has 0 amide bonds. The molecule has 190 valence electrons. The Morgan fingerprint density at radius 2 is 1.59 bits per heavy atom. The van der Waals surface area contributed by atoms with Crippen LogP contribution in [-0.2, 0) is 9.59 Å². The number of pyridine rings is 1. The SMILES string of the molecule is Fc1cncc2cnc(OC[C@@H]3CC(F)(F)CN3)nc12.O=C(O)C(F)(F)F.O=C(O)C(F)(F)F. The smallest absolute Gasteiger partial charge is 0.475 e. The Bertz CT molecular complexity index is 977. The maximum Gasteiger partial charge on any atom is 0.490 e. The largest absolute Gasteiger partial charge is 0.490 e. The predicted molar refractivity (Wildman–Crippen MR) is 91.5 cm³/mol. The fourth-order valence-corrected chi connectivity index (χ4v) is 2.07. The number of halogens is 9. The summed E-state index contributed by atoms with van der Waals surface area (Å²) in [5.41, 5.74) is 0.0923. The minimum atomic E-state index is -5.08. The molecule has 34 heavy (non-hydrogen) atoms. The number of carboxylic acids is 2. The van der Waals surface area contributed by atoms with Crippen molar-refractivity contribution in [1.29, 1.82) is 0 Å². The average Bonchev–Trinajstić information content (AvgIpc) is 3.05. The molecule has 1 saturated heterocycles. The Kier molecular flexibility index (Phi) is 9.35. The van der Waals surface area contributed by atoms with E-state index in [1.54, 1.807) is 0 Å². The van der Waals surface area contributed by atoms with E-state index in [2.05, 4.69) is 20.3 Å². The normalized spacial score (nSPS) is 17.1. The Morgan fingerprint density at radius 1 is 1.06 bits per heavy atom. The molecule has 2 aromatic rings. The molecule has 0 aliphatic carbocycles. The van der Waals surface area contributed by atoms with E-state index in [0.717, 1.165) is 6.20 Å². The van der Waals surface area contributed by atoms with Crippen LogP contribution >= 0.6 is 0 Å². The molecule has 3 rings (SSSR count). The van der Waals surface area contributed by atoms with Gasteiger partial charge in [0, 0.05) is 30.2 Å². The summed E-state index contributed by atoms with van der Waals surface area (Å²) in [4.78, 5) is 29.3. The minimum Gasteiger partial charge on any atom is -0.475 e. The summed E-state index contributed by atoms with van der Waals surface area (Å²) in [5, 5.41) is 17.3. The second kappa shape index (κ2) is 11.1. The number of hydrogen-bond donors (Lipinski definition) is 3. The highest BCUT2D eigenvalue weighted by atomic mass is 19.4. The van der Waals surface area contributed by atoms with Crippen molar-refractivity contribution < 1.29 is 64.1 Å². The van der Waals surface area contributed by atoms with Gasteiger partial charge >= 0.3 is 30.3 Å². The third kappa shape index (κ3) is 9.59. The van der Waals surface area contributed by atoms with Crippen LogP contribution in [-0.4, -0.2) is 74.6 Å². The van der Waals surface area contributed by atoms with Gasteiger partial charge in [0.25, 0.3) is 5.92 Å². The first kappa shape index (κ1) is 28.6. The Morgan fingerprint density at radius 3 is 2.03 bits per heavy atom. The van der Waals surface area contributed by atoms with E-state index >= 15 is 0 Å². The quantitative estimate of drug-likeness (QED) is 0.531. The van der Waals surface area contributed by atoms with Gasteiger partial charge in [-0.2, -0.15) is 31.3 Å². The van der Waals surface area contributed by atoms with Gasteiger partial charge in [0.05, 0.1) is 12.7 Å². The van der Waals surface area contributed by atoms with Gasteiger partial charge in [0.15, 0.2) is 5.82 Å². The van der Waals surface area contributed by atoms with E-state index in [1.807, 2.05) is 0 Å². The first-order valence-corrected chi connectivity index (χ1v) is 8.53. The van der Waals surface area contributed by atoms with Crippen molar-refractivity contribution in [3.63, 3.8) is 0 Å². The number of aliphatic carboxylic acids is 2. The van der Waals surface area contributed by atoms with Gasteiger partial charge in [-0.15, -0.1) is 0 Å². The summed E-state index contributed by atoms with van der Waals surface area (Å²) in [6, 6.07) is -0.508. The van der Waals surface area contributed by atoms with Crippen LogP contribution < -0.4 is 10.1 Å². The number of hydrogen-bond acceptors (Lipinski definition) is 7. The van der Waals surface area contributed by atoms with Crippen LogP contribution in [0.4, 0.5) is 39.5 Å². The van der Waals surface area contributed by atoms with Crippen LogP contribution in [0, 0.1) is 5.82 Å². The number of carbonyl (C=O) groups is 2. The number of fused-ring (bicyclic) bond motifs is 1. The zero-order valence-corrected chi connectivity index (χ0v) is 16.3. The van der Waals surface area contributed by atoms with Crippen molar-refractivity contribution in [3.05, 3.63) is 24.4 Å². The molecule has 0 saturated carbocycles. The third-order valence-electron chi connectivity index (χ3n) is 3.52. The number of carboxylic acid groups (broad SMARTS) is 2. The number of nitrogens with zero attached hydrogens (tertiary/aromatic N) is 3. The predicted octanol–water partition coefficient (Wildman–Crippen LogP) is 2.81. The van der Waals surface area contributed by atoms with Crippen LogP contribution in [0.15, 0.2) is 18.6 Å². The molecule has 1 aliphatic heterocycles. The van der Waals surface area contributed by atoms with E-state index in [0.29, 0.717) is 5.39 Å². The Labute approximate surface area is 182 Å². The molecule has 3 N–H and O–H groups in total. The molecule has 0 bridgehead atoms. The fourth-order valence-electron chi connectivity index (χ4n) is 2.07. The molecule has 0 unspecified atom stereocenters. The molecule has 18 heteroatoms. The van der Waals surface area contributed by atoms with Crippen LogP contribution in [0.2, 0.25) is 0 Å². The van der Waals surface area contributed by atoms with Crippen LogP contribution in [0.3, 0.4) is 0 Å². The van der Waals surface area contributed by atoms with Gasteiger partial charge in [-0.3, -0.25) is 4.98 Å². The molecule has 0 radical (unpaired) electrons. The topological polar surface area (TPSA) is 135 Å². The van der Waals surface area contributed by atoms with Gasteiger partial charge in [0.2, 0.25) is 0 Å². The Hall–Kier alpha value is -3.44. The van der Waals surface area contributed by atoms with E-state index < -0.39 is 42.1 Å². The van der Waals surface area contributed by atoms with E-state index in [-0.39, 0.29) is 31.1 Å². The highest BCUT2D eigenvalue weighted by Crippen LogP contribution is 2.25. The molecule has 1 aliphatic rings. The summed E-state index contributed by atoms with van der Waals surface area (Å²) in [6.45, 7) is -0.353. The molecule has 3 heterocycles. The van der Waals surface area contributed by atoms with Crippen molar-refractivity contribution in [2.45, 2.75) is 30.7 Å². The molecule has 2 aromatic heterocycles. The summed E-state index contributed by atoms with van der Waals surface area (Å²) >= 11 is 0. The van der Waals surface area contributed by atoms with Gasteiger partial charge < -0.3 is 20.3 Å². The lowest BCUT2D eigenvalue weighted by Gasteiger charge is -2.11. The van der Waals surface area contributed by atoms with Crippen LogP contribution in [0.5, 0.6) is 6.01 Å². The van der Waals surface area contributed by atoms with Gasteiger partial charge in [0.1, 0.15) is 12.1 Å². The lowest BCUT2D eigenvalue weighted by molar-refractivity contribution is -0.193. The summed E-state index contributed by atoms with van der Waals surface area (Å²) < 4.78 is 108. The highest BCUT2D eigenvalue weighted by molar-refractivity contribution is 5.77. The number of rotatable bonds is 3. The molecule has 1 fully saturated rings. The zero-order chi connectivity index (χ0) is 26.3. The summed E-state index contributed by atoms with van der Waals surface area (Å²) in [7, 11) is 0. The van der Waals surface area contributed by atoms with Crippen molar-refractivity contribution in [2.75, 3.05) is 13.2 Å². The fraction of sp³-hybridized carbons (Fsp3) is 0.438. The number of nitrogens with one attached hydrogen (secondary N) is 1. The number of aromatic nitrogens is 3. The third-order valence-corrected chi connectivity index (χ3v) is 3.52. The maximum absolute atomic E-state index is 13.5. The Balaban J connectivity index is 0.000000343. The van der Waals surface area contributed by atoms with Crippen LogP contribution in [0.1, 0.15) is 6.42 Å². The van der Waals surface area contributed by atoms with Crippen LogP contribution in [0.25, 0.3) is 10.9 Å². The van der Waals surface area contributed by atoms with Crippen molar-refractivity contribution in [3.8, 4) is 6.01 Å². The van der Waals surface area contributed by atoms with Gasteiger partial charge in [-0.1, -0.05) is 0 Å². The second-order valence-electron chi connectivity index (χ2n) is 6.27. The van der Waals surface area contributed by atoms with E-state index in [1.165, 1.54) is 12.4 Å². The highest BCUT2D eigenvalue weighted by Gasteiger charge is 2.40. The van der Waals surface area contributed by atoms with Crippen molar-refractivity contribution >= 4 is 22.8 Å². The maximum atomic E-state index is 13.5. The first-order chi connectivity index (χ1) is 15.4. The lowest BCUT2D eigenvalue weighted by Crippen LogP contribution is -2.28. The van der Waals surface area contributed by atoms with Gasteiger partial charge in [-0.25, -0.2) is 27.7 Å². The molecule has 0 spiro atoms. The summed E-state index contributed by atoms with van der Waals surface area (Å²) in [5.74, 6) is -8.81. The molecule has 0 aromatic carbocycles. The standard InChI is InChI=1S/C12H11F3N4O.2C2HF3O2/c13-9-4-16-2-7-3-17-11(19-10(7)9)20-5-8-1-12(14,15)6-18-8;2*3-2(4,5)1(6)7/h2-4,8,18H,1,5-6H2;2*(H,6,7)/t8-;;/m0../s1. The van der Waals surface area contributed by atoms with Gasteiger partial charge in [-0.05, 0) is 0 Å². The first-order valence-electron chi connectivity index (χ1n) is 8.53. The van der Waals surface area contributed by atoms with Crippen molar-refractivity contribution in [2.24, 2.45) is 0 Å². The van der Waals surface area contributed by atoms with E-state index in [4.69, 9.17) is 24.5 Å². The molecule has 9 nitrogen and oxygen atoms in total. The monoisotopic (exact) mass is 512 g/mol. The molecular formula is C16H13F9N4O5. The molecular weight excluding hydrogens is 499 g/mol.